The van der Waals surface area contributed by atoms with E-state index in [1.165, 1.54) is 0 Å². The normalized spacial score (nSPS) is 11.0. The highest BCUT2D eigenvalue weighted by Crippen LogP contribution is 2.21. The van der Waals surface area contributed by atoms with Crippen molar-refractivity contribution in [1.82, 2.24) is 0 Å². The minimum Gasteiger partial charge on any atom is -0.489 e. The largest absolute Gasteiger partial charge is 0.494 e. The lowest BCUT2D eigenvalue weighted by atomic mass is 9.79. The Balaban J connectivity index is 1.39. The molecule has 0 atom stereocenters. The summed E-state index contributed by atoms with van der Waals surface area (Å²) in [5, 5.41) is 46.6. The summed E-state index contributed by atoms with van der Waals surface area (Å²) >= 11 is 0. The molecule has 0 aliphatic carbocycles. The van der Waals surface area contributed by atoms with Crippen LogP contribution < -0.4 is 20.2 Å². The van der Waals surface area contributed by atoms with Crippen molar-refractivity contribution in [3.63, 3.8) is 0 Å². The van der Waals surface area contributed by atoms with Gasteiger partial charge in [-0.1, -0.05) is 48.0 Å². The van der Waals surface area contributed by atoms with Crippen LogP contribution >= 0.6 is 0 Å². The maximum Gasteiger partial charge on any atom is 0.494 e. The van der Waals surface area contributed by atoms with E-state index in [1.807, 2.05) is 66.2 Å². The fourth-order valence-corrected chi connectivity index (χ4v) is 3.55. The van der Waals surface area contributed by atoms with E-state index in [9.17, 15) is 20.1 Å². The summed E-state index contributed by atoms with van der Waals surface area (Å²) in [6.07, 6.45) is 3.55. The second-order valence-corrected chi connectivity index (χ2v) is 8.42. The van der Waals surface area contributed by atoms with Gasteiger partial charge in [0.2, 0.25) is 0 Å². The van der Waals surface area contributed by atoms with Gasteiger partial charge in [-0.25, -0.2) is 4.57 Å². The molecule has 1 heterocycles. The fourth-order valence-electron chi connectivity index (χ4n) is 3.55. The first kappa shape index (κ1) is 25.3. The molecule has 0 unspecified atom stereocenters. The van der Waals surface area contributed by atoms with Crippen molar-refractivity contribution in [2.75, 3.05) is 0 Å². The second kappa shape index (κ2) is 11.7. The van der Waals surface area contributed by atoms with E-state index in [2.05, 4.69) is 10.2 Å². The average Bonchev–Trinajstić information content (AvgIpc) is 2.88. The zero-order valence-corrected chi connectivity index (χ0v) is 19.8. The lowest BCUT2D eigenvalue weighted by molar-refractivity contribution is -0.687. The predicted molar refractivity (Wildman–Crippen MR) is 138 cm³/mol. The van der Waals surface area contributed by atoms with Crippen molar-refractivity contribution in [2.24, 2.45) is 10.2 Å². The molecule has 0 amide bonds. The van der Waals surface area contributed by atoms with E-state index >= 15 is 0 Å². The molecule has 0 spiro atoms. The van der Waals surface area contributed by atoms with Gasteiger partial charge in [-0.2, -0.15) is 10.2 Å². The molecular formula is C26H26B2N3O5+. The van der Waals surface area contributed by atoms with Crippen LogP contribution in [-0.2, 0) is 13.2 Å². The van der Waals surface area contributed by atoms with Crippen LogP contribution in [0.15, 0.2) is 101 Å². The summed E-state index contributed by atoms with van der Waals surface area (Å²) in [4.78, 5) is 0. The van der Waals surface area contributed by atoms with Crippen LogP contribution in [0.1, 0.15) is 16.7 Å². The molecule has 0 saturated carbocycles. The molecule has 0 saturated heterocycles. The summed E-state index contributed by atoms with van der Waals surface area (Å²) in [5.41, 5.74) is 4.74. The number of hydrogen-bond acceptors (Lipinski definition) is 7. The van der Waals surface area contributed by atoms with E-state index in [1.54, 1.807) is 36.5 Å². The van der Waals surface area contributed by atoms with Gasteiger partial charge in [-0.3, -0.25) is 0 Å². The molecule has 8 nitrogen and oxygen atoms in total. The lowest BCUT2D eigenvalue weighted by Crippen LogP contribution is -2.42. The number of rotatable bonds is 9. The average molecular weight is 482 g/mol. The summed E-state index contributed by atoms with van der Waals surface area (Å²) in [7, 11) is -3.22. The van der Waals surface area contributed by atoms with Crippen molar-refractivity contribution in [3.8, 4) is 5.75 Å². The SMILES string of the molecule is Cc1ccc(N=Nc2ccc(OCc3ccc(C[n+]4cccc(B(O)O)c4)cc3)cc2B(O)O)cc1. The molecular weight excluding hydrogens is 456 g/mol. The third kappa shape index (κ3) is 6.87. The van der Waals surface area contributed by atoms with Crippen molar-refractivity contribution in [3.05, 3.63) is 108 Å². The standard InChI is InChI=1S/C26H26B2N3O5/c1-19-4-10-23(11-5-19)29-30-26-13-12-24(15-25(26)28(34)35)36-18-21-8-6-20(7-9-21)16-31-14-2-3-22(17-31)27(32)33/h2-15,17,32-35H,16,18H2,1H3/q+1. The number of azo groups is 1. The monoisotopic (exact) mass is 482 g/mol. The molecule has 180 valence electrons. The van der Waals surface area contributed by atoms with Crippen molar-refractivity contribution >= 4 is 36.5 Å². The molecule has 0 aliphatic rings. The van der Waals surface area contributed by atoms with Crippen LogP contribution in [-0.4, -0.2) is 34.3 Å². The second-order valence-electron chi connectivity index (χ2n) is 8.42. The minimum absolute atomic E-state index is 0.200. The number of aromatic nitrogens is 1. The van der Waals surface area contributed by atoms with E-state index in [0.717, 1.165) is 16.7 Å². The van der Waals surface area contributed by atoms with Crippen LogP contribution in [0.4, 0.5) is 11.4 Å². The number of hydrogen-bond donors (Lipinski definition) is 4. The van der Waals surface area contributed by atoms with Gasteiger partial charge in [-0.05, 0) is 42.8 Å². The Kier molecular flexibility index (Phi) is 8.24. The molecule has 0 bridgehead atoms. The van der Waals surface area contributed by atoms with Gasteiger partial charge in [0.1, 0.15) is 12.4 Å². The molecule has 3 aromatic carbocycles. The van der Waals surface area contributed by atoms with Gasteiger partial charge < -0.3 is 24.8 Å². The Hall–Kier alpha value is -3.82. The highest BCUT2D eigenvalue weighted by molar-refractivity contribution is 6.60. The van der Waals surface area contributed by atoms with Crippen LogP contribution in [0, 0.1) is 6.92 Å². The van der Waals surface area contributed by atoms with Crippen molar-refractivity contribution < 1.29 is 29.4 Å². The molecule has 0 aliphatic heterocycles. The first-order chi connectivity index (χ1) is 17.4. The highest BCUT2D eigenvalue weighted by atomic mass is 16.5. The molecule has 36 heavy (non-hydrogen) atoms. The van der Waals surface area contributed by atoms with E-state index in [-0.39, 0.29) is 5.46 Å². The number of ether oxygens (including phenoxy) is 1. The van der Waals surface area contributed by atoms with Gasteiger partial charge >= 0.3 is 14.2 Å². The fraction of sp³-hybridized carbons (Fsp3) is 0.115. The summed E-state index contributed by atoms with van der Waals surface area (Å²) in [6.45, 7) is 2.86. The van der Waals surface area contributed by atoms with Crippen LogP contribution in [0.3, 0.4) is 0 Å². The summed E-state index contributed by atoms with van der Waals surface area (Å²) < 4.78 is 7.73. The molecule has 1 aromatic heterocycles. The van der Waals surface area contributed by atoms with E-state index in [4.69, 9.17) is 4.74 Å². The Morgan fingerprint density at radius 3 is 2.22 bits per heavy atom. The maximum atomic E-state index is 9.82. The first-order valence-corrected chi connectivity index (χ1v) is 11.4. The number of benzene rings is 3. The van der Waals surface area contributed by atoms with Crippen molar-refractivity contribution in [2.45, 2.75) is 20.1 Å². The number of nitrogens with zero attached hydrogens (tertiary/aromatic N) is 3. The molecule has 4 N–H and O–H groups in total. The van der Waals surface area contributed by atoms with Gasteiger partial charge in [-0.15, -0.1) is 0 Å². The first-order valence-electron chi connectivity index (χ1n) is 11.4. The predicted octanol–water partition coefficient (Wildman–Crippen LogP) is 1.68. The quantitative estimate of drug-likeness (QED) is 0.165. The third-order valence-corrected chi connectivity index (χ3v) is 5.56. The topological polar surface area (TPSA) is 119 Å². The van der Waals surface area contributed by atoms with E-state index in [0.29, 0.717) is 35.7 Å². The van der Waals surface area contributed by atoms with Crippen LogP contribution in [0.25, 0.3) is 0 Å². The van der Waals surface area contributed by atoms with Crippen molar-refractivity contribution in [1.29, 1.82) is 0 Å². The molecule has 4 aromatic rings. The van der Waals surface area contributed by atoms with Crippen LogP contribution in [0.5, 0.6) is 5.75 Å². The molecule has 10 heteroatoms. The van der Waals surface area contributed by atoms with Gasteiger partial charge in [0.25, 0.3) is 0 Å². The third-order valence-electron chi connectivity index (χ3n) is 5.56. The van der Waals surface area contributed by atoms with Gasteiger partial charge in [0.15, 0.2) is 18.9 Å². The Labute approximate surface area is 210 Å². The lowest BCUT2D eigenvalue weighted by Gasteiger charge is -2.10. The van der Waals surface area contributed by atoms with Gasteiger partial charge in [0.05, 0.1) is 11.4 Å². The summed E-state index contributed by atoms with van der Waals surface area (Å²) in [6, 6.07) is 23.7. The Morgan fingerprint density at radius 2 is 1.53 bits per heavy atom. The highest BCUT2D eigenvalue weighted by Gasteiger charge is 2.18. The number of pyridine rings is 1. The zero-order chi connectivity index (χ0) is 25.5. The molecule has 4 rings (SSSR count). The maximum absolute atomic E-state index is 9.82. The summed E-state index contributed by atoms with van der Waals surface area (Å²) in [5.74, 6) is 0.478. The van der Waals surface area contributed by atoms with E-state index < -0.39 is 14.2 Å². The molecule has 0 radical (unpaired) electrons. The Morgan fingerprint density at radius 1 is 0.806 bits per heavy atom. The Bertz CT molecular complexity index is 1330. The van der Waals surface area contributed by atoms with Crippen LogP contribution in [0.2, 0.25) is 0 Å². The molecule has 0 fully saturated rings. The minimum atomic E-state index is -1.72. The zero-order valence-electron chi connectivity index (χ0n) is 19.8. The number of aryl methyl sites for hydroxylation is 1. The smallest absolute Gasteiger partial charge is 0.489 e. The van der Waals surface area contributed by atoms with Gasteiger partial charge in [0, 0.05) is 22.6 Å².